The number of amides is 1. The zero-order valence-corrected chi connectivity index (χ0v) is 16.9. The molecule has 2 N–H and O–H groups in total. The van der Waals surface area contributed by atoms with E-state index >= 15 is 0 Å². The van der Waals surface area contributed by atoms with Crippen LogP contribution < -0.4 is 5.32 Å². The summed E-state index contributed by atoms with van der Waals surface area (Å²) < 4.78 is 1.64. The Morgan fingerprint density at radius 2 is 2.04 bits per heavy atom. The van der Waals surface area contributed by atoms with Crippen LogP contribution in [0.15, 0.2) is 47.8 Å². The van der Waals surface area contributed by atoms with Gasteiger partial charge in [-0.2, -0.15) is 10.2 Å². The van der Waals surface area contributed by atoms with Gasteiger partial charge in [0.2, 0.25) is 0 Å². The molecule has 0 saturated heterocycles. The number of benzene rings is 1. The summed E-state index contributed by atoms with van der Waals surface area (Å²) in [6.45, 7) is 4.31. The fraction of sp³-hybridized carbons (Fsp3) is 0.150. The summed E-state index contributed by atoms with van der Waals surface area (Å²) in [5.74, 6) is 0.108. The lowest BCUT2D eigenvalue weighted by Gasteiger charge is -2.05. The van der Waals surface area contributed by atoms with Crippen LogP contribution in [0.25, 0.3) is 10.6 Å². The smallest absolute Gasteiger partial charge is 0.261 e. The van der Waals surface area contributed by atoms with Crippen molar-refractivity contribution < 1.29 is 4.79 Å². The number of hydrogen-bond donors (Lipinski definition) is 2. The molecule has 0 saturated carbocycles. The molecule has 6 nitrogen and oxygen atoms in total. The summed E-state index contributed by atoms with van der Waals surface area (Å²) in [4.78, 5) is 13.8. The van der Waals surface area contributed by atoms with Gasteiger partial charge in [0.25, 0.3) is 5.91 Å². The van der Waals surface area contributed by atoms with Gasteiger partial charge < -0.3 is 5.32 Å². The molecule has 0 aliphatic carbocycles. The van der Waals surface area contributed by atoms with Crippen LogP contribution in [0, 0.1) is 13.8 Å². The van der Waals surface area contributed by atoms with Gasteiger partial charge in [-0.15, -0.1) is 11.3 Å². The lowest BCUT2D eigenvalue weighted by Crippen LogP contribution is -2.13. The lowest BCUT2D eigenvalue weighted by molar-refractivity contribution is 0.102. The minimum absolute atomic E-state index is 0.310. The third-order valence-electron chi connectivity index (χ3n) is 4.35. The number of halogens is 1. The van der Waals surface area contributed by atoms with Gasteiger partial charge >= 0.3 is 0 Å². The molecular formula is C20H18ClN5OS. The number of thiophene rings is 1. The van der Waals surface area contributed by atoms with E-state index in [0.717, 1.165) is 16.1 Å². The van der Waals surface area contributed by atoms with Crippen LogP contribution in [0.5, 0.6) is 0 Å². The van der Waals surface area contributed by atoms with E-state index in [2.05, 4.69) is 20.6 Å². The topological polar surface area (TPSA) is 75.6 Å². The maximum Gasteiger partial charge on any atom is 0.261 e. The van der Waals surface area contributed by atoms with E-state index in [-0.39, 0.29) is 5.91 Å². The number of hydrogen-bond acceptors (Lipinski definition) is 4. The molecule has 3 heterocycles. The Morgan fingerprint density at radius 3 is 2.75 bits per heavy atom. The van der Waals surface area contributed by atoms with Gasteiger partial charge in [0, 0.05) is 6.07 Å². The molecule has 0 fully saturated rings. The number of rotatable bonds is 5. The Labute approximate surface area is 171 Å². The van der Waals surface area contributed by atoms with Crippen LogP contribution in [0.3, 0.4) is 0 Å². The molecule has 1 amide bonds. The van der Waals surface area contributed by atoms with E-state index < -0.39 is 0 Å². The van der Waals surface area contributed by atoms with E-state index in [0.29, 0.717) is 28.8 Å². The van der Waals surface area contributed by atoms with Crippen LogP contribution in [0.1, 0.15) is 27.2 Å². The predicted molar refractivity (Wildman–Crippen MR) is 112 cm³/mol. The van der Waals surface area contributed by atoms with E-state index in [1.807, 2.05) is 48.7 Å². The SMILES string of the molecule is Cc1ccc(Cn2nc(C)c(C(=O)Nc3cc(-c4cccs4)[nH]n3)c2Cl)cc1. The number of carbonyl (C=O) groups is 1. The molecule has 4 aromatic rings. The van der Waals surface area contributed by atoms with Gasteiger partial charge in [-0.3, -0.25) is 9.89 Å². The monoisotopic (exact) mass is 411 g/mol. The summed E-state index contributed by atoms with van der Waals surface area (Å²) in [6, 6.07) is 13.9. The van der Waals surface area contributed by atoms with Crippen molar-refractivity contribution in [3.05, 3.63) is 75.4 Å². The fourth-order valence-corrected chi connectivity index (χ4v) is 3.92. The molecule has 28 heavy (non-hydrogen) atoms. The minimum Gasteiger partial charge on any atom is -0.305 e. The molecule has 142 valence electrons. The molecule has 4 rings (SSSR count). The van der Waals surface area contributed by atoms with Crippen LogP contribution in [-0.2, 0) is 6.54 Å². The van der Waals surface area contributed by atoms with Gasteiger partial charge in [-0.05, 0) is 30.9 Å². The maximum absolute atomic E-state index is 12.8. The van der Waals surface area contributed by atoms with Crippen LogP contribution in [-0.4, -0.2) is 25.9 Å². The van der Waals surface area contributed by atoms with Crippen molar-refractivity contribution in [2.75, 3.05) is 5.32 Å². The molecular weight excluding hydrogens is 394 g/mol. The zero-order chi connectivity index (χ0) is 19.7. The highest BCUT2D eigenvalue weighted by Gasteiger charge is 2.21. The van der Waals surface area contributed by atoms with Crippen molar-refractivity contribution in [3.8, 4) is 10.6 Å². The molecule has 0 atom stereocenters. The normalized spacial score (nSPS) is 11.0. The zero-order valence-electron chi connectivity index (χ0n) is 15.4. The van der Waals surface area contributed by atoms with Crippen molar-refractivity contribution in [3.63, 3.8) is 0 Å². The summed E-state index contributed by atoms with van der Waals surface area (Å²) >= 11 is 8.07. The highest BCUT2D eigenvalue weighted by atomic mass is 35.5. The van der Waals surface area contributed by atoms with Gasteiger partial charge in [-0.25, -0.2) is 4.68 Å². The summed E-state index contributed by atoms with van der Waals surface area (Å²) in [7, 11) is 0. The molecule has 1 aromatic carbocycles. The first kappa shape index (κ1) is 18.5. The summed E-state index contributed by atoms with van der Waals surface area (Å²) in [5, 5.41) is 16.6. The van der Waals surface area contributed by atoms with E-state index in [1.54, 1.807) is 29.0 Å². The van der Waals surface area contributed by atoms with Crippen molar-refractivity contribution >= 4 is 34.7 Å². The number of nitrogens with zero attached hydrogens (tertiary/aromatic N) is 3. The first-order chi connectivity index (χ1) is 13.5. The highest BCUT2D eigenvalue weighted by Crippen LogP contribution is 2.26. The van der Waals surface area contributed by atoms with E-state index in [9.17, 15) is 4.79 Å². The van der Waals surface area contributed by atoms with Gasteiger partial charge in [0.1, 0.15) is 5.15 Å². The third-order valence-corrected chi connectivity index (χ3v) is 5.64. The van der Waals surface area contributed by atoms with E-state index in [1.165, 1.54) is 5.56 Å². The van der Waals surface area contributed by atoms with Crippen LogP contribution in [0.4, 0.5) is 5.82 Å². The second-order valence-electron chi connectivity index (χ2n) is 6.49. The second kappa shape index (κ2) is 7.61. The van der Waals surface area contributed by atoms with Gasteiger partial charge in [-0.1, -0.05) is 47.5 Å². The first-order valence-corrected chi connectivity index (χ1v) is 9.96. The molecule has 0 radical (unpaired) electrons. The summed E-state index contributed by atoms with van der Waals surface area (Å²) in [6.07, 6.45) is 0. The predicted octanol–water partition coefficient (Wildman–Crippen LogP) is 4.91. The average molecular weight is 412 g/mol. The molecule has 0 unspecified atom stereocenters. The quantitative estimate of drug-likeness (QED) is 0.490. The van der Waals surface area contributed by atoms with E-state index in [4.69, 9.17) is 11.6 Å². The lowest BCUT2D eigenvalue weighted by atomic mass is 10.1. The van der Waals surface area contributed by atoms with Gasteiger partial charge in [0.05, 0.1) is 28.4 Å². The number of aromatic nitrogens is 4. The van der Waals surface area contributed by atoms with Crippen molar-refractivity contribution in [1.29, 1.82) is 0 Å². The number of nitrogens with one attached hydrogen (secondary N) is 2. The third kappa shape index (κ3) is 3.72. The Kier molecular flexibility index (Phi) is 5.02. The number of aromatic amines is 1. The van der Waals surface area contributed by atoms with Crippen LogP contribution >= 0.6 is 22.9 Å². The maximum atomic E-state index is 12.8. The number of anilines is 1. The Morgan fingerprint density at radius 1 is 1.25 bits per heavy atom. The highest BCUT2D eigenvalue weighted by molar-refractivity contribution is 7.13. The van der Waals surface area contributed by atoms with Crippen molar-refractivity contribution in [2.45, 2.75) is 20.4 Å². The minimum atomic E-state index is -0.332. The number of aryl methyl sites for hydroxylation is 2. The van der Waals surface area contributed by atoms with Crippen LogP contribution in [0.2, 0.25) is 5.15 Å². The average Bonchev–Trinajstić information content (AvgIpc) is 3.38. The first-order valence-electron chi connectivity index (χ1n) is 8.70. The fourth-order valence-electron chi connectivity index (χ4n) is 2.91. The second-order valence-corrected chi connectivity index (χ2v) is 7.80. The molecule has 0 bridgehead atoms. The summed E-state index contributed by atoms with van der Waals surface area (Å²) in [5.41, 5.74) is 4.03. The molecule has 8 heteroatoms. The Bertz CT molecular complexity index is 1110. The molecule has 0 aliphatic heterocycles. The molecule has 3 aromatic heterocycles. The van der Waals surface area contributed by atoms with Crippen molar-refractivity contribution in [2.24, 2.45) is 0 Å². The number of carbonyl (C=O) groups excluding carboxylic acids is 1. The molecule has 0 spiro atoms. The standard InChI is InChI=1S/C20H18ClN5OS/c1-12-5-7-14(8-6-12)11-26-19(21)18(13(2)25-26)20(27)22-17-10-15(23-24-17)16-4-3-9-28-16/h3-10H,11H2,1-2H3,(H2,22,23,24,27). The van der Waals surface area contributed by atoms with Crippen molar-refractivity contribution in [1.82, 2.24) is 20.0 Å². The Balaban J connectivity index is 1.53. The molecule has 0 aliphatic rings. The Hall–Kier alpha value is -2.90. The van der Waals surface area contributed by atoms with Gasteiger partial charge in [0.15, 0.2) is 5.82 Å². The number of H-pyrrole nitrogens is 1. The largest absolute Gasteiger partial charge is 0.305 e.